The van der Waals surface area contributed by atoms with Crippen LogP contribution in [0.3, 0.4) is 0 Å². The molecule has 1 N–H and O–H groups in total. The number of aromatic nitrogens is 2. The average molecular weight is 401 g/mol. The highest BCUT2D eigenvalue weighted by atomic mass is 19.1. The van der Waals surface area contributed by atoms with Crippen molar-refractivity contribution in [2.75, 3.05) is 4.90 Å². The number of fused-ring (bicyclic) bond motifs is 1. The van der Waals surface area contributed by atoms with Gasteiger partial charge in [0.25, 0.3) is 5.91 Å². The van der Waals surface area contributed by atoms with Crippen molar-refractivity contribution < 1.29 is 13.6 Å². The van der Waals surface area contributed by atoms with Gasteiger partial charge in [-0.2, -0.15) is 5.10 Å². The van der Waals surface area contributed by atoms with Crippen LogP contribution in [0.4, 0.5) is 14.5 Å². The van der Waals surface area contributed by atoms with Crippen LogP contribution >= 0.6 is 0 Å². The Morgan fingerprint density at radius 3 is 2.10 bits per heavy atom. The molecule has 30 heavy (non-hydrogen) atoms. The highest BCUT2D eigenvalue weighted by Crippen LogP contribution is 2.45. The quantitative estimate of drug-likeness (QED) is 0.499. The lowest BCUT2D eigenvalue weighted by Gasteiger charge is -2.26. The molecule has 0 saturated carbocycles. The zero-order valence-corrected chi connectivity index (χ0v) is 16.1. The Balaban J connectivity index is 1.71. The van der Waals surface area contributed by atoms with Crippen molar-refractivity contribution in [2.24, 2.45) is 0 Å². The number of halogens is 2. The van der Waals surface area contributed by atoms with E-state index in [4.69, 9.17) is 0 Å². The number of aromatic amines is 1. The highest BCUT2D eigenvalue weighted by Gasteiger charge is 2.43. The molecule has 4 aromatic rings. The molecule has 1 aliphatic rings. The van der Waals surface area contributed by atoms with Crippen LogP contribution in [-0.4, -0.2) is 16.1 Å². The third-order valence-electron chi connectivity index (χ3n) is 5.38. The first-order valence-corrected chi connectivity index (χ1v) is 9.53. The van der Waals surface area contributed by atoms with E-state index in [1.807, 2.05) is 31.2 Å². The van der Waals surface area contributed by atoms with Crippen molar-refractivity contribution in [3.63, 3.8) is 0 Å². The van der Waals surface area contributed by atoms with Crippen LogP contribution in [0, 0.1) is 18.6 Å². The molecule has 0 fully saturated rings. The number of benzene rings is 3. The van der Waals surface area contributed by atoms with E-state index in [-0.39, 0.29) is 17.5 Å². The number of rotatable bonds is 3. The first kappa shape index (κ1) is 18.2. The highest BCUT2D eigenvalue weighted by molar-refractivity contribution is 6.11. The van der Waals surface area contributed by atoms with Crippen molar-refractivity contribution in [3.05, 3.63) is 107 Å². The minimum atomic E-state index is -0.520. The summed E-state index contributed by atoms with van der Waals surface area (Å²) in [5, 5.41) is 7.30. The van der Waals surface area contributed by atoms with Gasteiger partial charge in [0.05, 0.1) is 11.7 Å². The smallest absolute Gasteiger partial charge is 0.277 e. The number of H-pyrrole nitrogens is 1. The van der Waals surface area contributed by atoms with Crippen LogP contribution in [0.5, 0.6) is 0 Å². The Morgan fingerprint density at radius 2 is 1.47 bits per heavy atom. The number of nitrogens with zero attached hydrogens (tertiary/aromatic N) is 2. The van der Waals surface area contributed by atoms with Crippen LogP contribution in [-0.2, 0) is 0 Å². The van der Waals surface area contributed by atoms with E-state index in [2.05, 4.69) is 10.2 Å². The summed E-state index contributed by atoms with van der Waals surface area (Å²) in [6.45, 7) is 2.00. The second-order valence-electron chi connectivity index (χ2n) is 7.33. The number of carbonyl (C=O) groups excluding carboxylic acids is 1. The number of hydrogen-bond acceptors (Lipinski definition) is 2. The van der Waals surface area contributed by atoms with E-state index in [1.54, 1.807) is 29.2 Å². The fraction of sp³-hybridized carbons (Fsp3) is 0.0833. The maximum Gasteiger partial charge on any atom is 0.277 e. The Kier molecular flexibility index (Phi) is 4.20. The van der Waals surface area contributed by atoms with E-state index >= 15 is 0 Å². The van der Waals surface area contributed by atoms with Gasteiger partial charge in [-0.05, 0) is 48.9 Å². The average Bonchev–Trinajstić information content (AvgIpc) is 3.29. The summed E-state index contributed by atoms with van der Waals surface area (Å²) < 4.78 is 27.1. The van der Waals surface area contributed by atoms with Crippen molar-refractivity contribution >= 4 is 11.6 Å². The van der Waals surface area contributed by atoms with E-state index in [0.717, 1.165) is 22.3 Å². The van der Waals surface area contributed by atoms with Gasteiger partial charge in [0.2, 0.25) is 0 Å². The van der Waals surface area contributed by atoms with E-state index < -0.39 is 6.04 Å². The molecule has 1 aliphatic heterocycles. The normalized spacial score (nSPS) is 15.5. The molecule has 1 amide bonds. The summed E-state index contributed by atoms with van der Waals surface area (Å²) in [7, 11) is 0. The number of hydrogen-bond donors (Lipinski definition) is 1. The van der Waals surface area contributed by atoms with Gasteiger partial charge in [0.1, 0.15) is 17.3 Å². The maximum absolute atomic E-state index is 13.6. The Bertz CT molecular complexity index is 1230. The Morgan fingerprint density at radius 1 is 0.867 bits per heavy atom. The van der Waals surface area contributed by atoms with Crippen LogP contribution in [0.25, 0.3) is 11.3 Å². The molecule has 3 aromatic carbocycles. The van der Waals surface area contributed by atoms with Gasteiger partial charge < -0.3 is 0 Å². The summed E-state index contributed by atoms with van der Waals surface area (Å²) in [4.78, 5) is 14.9. The van der Waals surface area contributed by atoms with Crippen LogP contribution in [0.2, 0.25) is 0 Å². The monoisotopic (exact) mass is 401 g/mol. The third-order valence-corrected chi connectivity index (χ3v) is 5.38. The van der Waals surface area contributed by atoms with Gasteiger partial charge in [-0.1, -0.05) is 42.0 Å². The number of carbonyl (C=O) groups is 1. The molecule has 2 heterocycles. The van der Waals surface area contributed by atoms with Gasteiger partial charge in [-0.15, -0.1) is 0 Å². The standard InChI is InChI=1S/C24H17F2N3O/c1-14-2-4-15(5-3-14)21-20-22(28-27-21)24(30)29(19-12-10-18(26)11-13-19)23(20)16-6-8-17(25)9-7-16/h2-13,23H,1H3,(H,27,28). The van der Waals surface area contributed by atoms with Crippen molar-refractivity contribution in [1.82, 2.24) is 10.2 Å². The largest absolute Gasteiger partial charge is 0.295 e. The minimum absolute atomic E-state index is 0.267. The molecular weight excluding hydrogens is 384 g/mol. The molecule has 1 atom stereocenters. The molecule has 1 unspecified atom stereocenters. The first-order chi connectivity index (χ1) is 14.5. The van der Waals surface area contributed by atoms with E-state index in [9.17, 15) is 13.6 Å². The van der Waals surface area contributed by atoms with Crippen LogP contribution in [0.15, 0.2) is 72.8 Å². The maximum atomic E-state index is 13.6. The molecule has 0 bridgehead atoms. The predicted octanol–water partition coefficient (Wildman–Crippen LogP) is 5.41. The summed E-state index contributed by atoms with van der Waals surface area (Å²) in [5.74, 6) is -1.01. The molecule has 0 aliphatic carbocycles. The minimum Gasteiger partial charge on any atom is -0.295 e. The lowest BCUT2D eigenvalue weighted by atomic mass is 9.95. The topological polar surface area (TPSA) is 49.0 Å². The SMILES string of the molecule is Cc1ccc(-c2n[nH]c3c2C(c2ccc(F)cc2)N(c2ccc(F)cc2)C3=O)cc1. The molecular formula is C24H17F2N3O. The van der Waals surface area contributed by atoms with Crippen LogP contribution in [0.1, 0.15) is 33.2 Å². The van der Waals surface area contributed by atoms with E-state index in [0.29, 0.717) is 17.1 Å². The molecule has 0 radical (unpaired) electrons. The Hall–Kier alpha value is -3.80. The summed E-state index contributed by atoms with van der Waals surface area (Å²) in [5.41, 5.74) is 5.04. The summed E-state index contributed by atoms with van der Waals surface area (Å²) in [6.07, 6.45) is 0. The number of nitrogens with one attached hydrogen (secondary N) is 1. The molecule has 148 valence electrons. The number of aryl methyl sites for hydroxylation is 1. The van der Waals surface area contributed by atoms with Gasteiger partial charge in [-0.3, -0.25) is 14.8 Å². The molecule has 4 nitrogen and oxygen atoms in total. The lowest BCUT2D eigenvalue weighted by molar-refractivity contribution is 0.0988. The zero-order chi connectivity index (χ0) is 20.8. The van der Waals surface area contributed by atoms with E-state index in [1.165, 1.54) is 24.3 Å². The number of amides is 1. The summed E-state index contributed by atoms with van der Waals surface area (Å²) >= 11 is 0. The zero-order valence-electron chi connectivity index (χ0n) is 16.1. The molecule has 5 rings (SSSR count). The van der Waals surface area contributed by atoms with Gasteiger partial charge in [-0.25, -0.2) is 8.78 Å². The molecule has 0 saturated heterocycles. The molecule has 1 aromatic heterocycles. The van der Waals surface area contributed by atoms with Crippen molar-refractivity contribution in [3.8, 4) is 11.3 Å². The van der Waals surface area contributed by atoms with Gasteiger partial charge in [0, 0.05) is 16.8 Å². The third kappa shape index (κ3) is 2.88. The predicted molar refractivity (Wildman–Crippen MR) is 110 cm³/mol. The fourth-order valence-corrected chi connectivity index (χ4v) is 3.91. The lowest BCUT2D eigenvalue weighted by Crippen LogP contribution is -2.29. The second-order valence-corrected chi connectivity index (χ2v) is 7.33. The molecule has 0 spiro atoms. The first-order valence-electron chi connectivity index (χ1n) is 9.53. The molecule has 6 heteroatoms. The van der Waals surface area contributed by atoms with Gasteiger partial charge in [0.15, 0.2) is 0 Å². The van der Waals surface area contributed by atoms with Gasteiger partial charge >= 0.3 is 0 Å². The summed E-state index contributed by atoms with van der Waals surface area (Å²) in [6, 6.07) is 19.2. The second kappa shape index (κ2) is 6.91. The van der Waals surface area contributed by atoms with Crippen LogP contribution < -0.4 is 4.90 Å². The van der Waals surface area contributed by atoms with Crippen molar-refractivity contribution in [1.29, 1.82) is 0 Å². The Labute approximate surface area is 171 Å². The van der Waals surface area contributed by atoms with Crippen molar-refractivity contribution in [2.45, 2.75) is 13.0 Å². The number of anilines is 1. The fourth-order valence-electron chi connectivity index (χ4n) is 3.91.